The van der Waals surface area contributed by atoms with Crippen LogP contribution in [0, 0.1) is 20.8 Å². The first-order valence-electron chi connectivity index (χ1n) is 16.5. The minimum Gasteiger partial charge on any atom is -0.352 e. The van der Waals surface area contributed by atoms with Crippen LogP contribution in [-0.4, -0.2) is 43.8 Å². The van der Waals surface area contributed by atoms with E-state index in [4.69, 9.17) is 0 Å². The molecule has 1 aliphatic rings. The second-order valence-corrected chi connectivity index (χ2v) is 14.5. The molecule has 1 saturated carbocycles. The highest BCUT2D eigenvalue weighted by atomic mass is 32.2. The van der Waals surface area contributed by atoms with Gasteiger partial charge in [0.15, 0.2) is 0 Å². The first-order valence-corrected chi connectivity index (χ1v) is 17.9. The fraction of sp³-hybridized carbons (Fsp3) is 0.333. The molecular formula is C39H45N3O4S. The van der Waals surface area contributed by atoms with Crippen molar-refractivity contribution in [1.82, 2.24) is 10.2 Å². The Balaban J connectivity index is 1.58. The van der Waals surface area contributed by atoms with E-state index in [1.165, 1.54) is 16.4 Å². The number of anilines is 1. The SMILES string of the molecule is Cc1cccc(CN(C(=O)CN(c2ccc(C)cc2C)S(=O)(=O)c2ccccc2)[C@@H](Cc2ccccc2)C(=O)NC2CCCCC2)c1. The van der Waals surface area contributed by atoms with Gasteiger partial charge in [-0.1, -0.05) is 115 Å². The quantitative estimate of drug-likeness (QED) is 0.181. The van der Waals surface area contributed by atoms with E-state index in [2.05, 4.69) is 5.32 Å². The second-order valence-electron chi connectivity index (χ2n) is 12.7. The van der Waals surface area contributed by atoms with Crippen LogP contribution >= 0.6 is 0 Å². The van der Waals surface area contributed by atoms with Crippen molar-refractivity contribution in [2.45, 2.75) is 82.8 Å². The molecule has 0 heterocycles. The summed E-state index contributed by atoms with van der Waals surface area (Å²) < 4.78 is 29.7. The van der Waals surface area contributed by atoms with Gasteiger partial charge < -0.3 is 10.2 Å². The third-order valence-corrected chi connectivity index (χ3v) is 10.7. The van der Waals surface area contributed by atoms with Crippen LogP contribution < -0.4 is 9.62 Å². The van der Waals surface area contributed by atoms with Crippen molar-refractivity contribution in [2.24, 2.45) is 0 Å². The molecule has 1 atom stereocenters. The Morgan fingerprint density at radius 3 is 2.06 bits per heavy atom. The molecule has 8 heteroatoms. The molecule has 0 unspecified atom stereocenters. The Kier molecular flexibility index (Phi) is 11.1. The number of hydrogen-bond acceptors (Lipinski definition) is 4. The van der Waals surface area contributed by atoms with E-state index < -0.39 is 28.5 Å². The summed E-state index contributed by atoms with van der Waals surface area (Å²) in [6.45, 7) is 5.47. The zero-order chi connectivity index (χ0) is 33.4. The number of hydrogen-bond donors (Lipinski definition) is 1. The zero-order valence-corrected chi connectivity index (χ0v) is 28.4. The van der Waals surface area contributed by atoms with E-state index in [1.807, 2.05) is 87.5 Å². The smallest absolute Gasteiger partial charge is 0.264 e. The Hall–Kier alpha value is -4.43. The molecule has 1 fully saturated rings. The lowest BCUT2D eigenvalue weighted by atomic mass is 9.94. The summed E-state index contributed by atoms with van der Waals surface area (Å²) in [5, 5.41) is 3.26. The summed E-state index contributed by atoms with van der Waals surface area (Å²) in [5.74, 6) is -0.670. The van der Waals surface area contributed by atoms with Gasteiger partial charge in [0.25, 0.3) is 10.0 Å². The molecule has 0 aliphatic heterocycles. The molecule has 0 radical (unpaired) electrons. The number of sulfonamides is 1. The summed E-state index contributed by atoms with van der Waals surface area (Å²) >= 11 is 0. The monoisotopic (exact) mass is 651 g/mol. The minimum absolute atomic E-state index is 0.0515. The van der Waals surface area contributed by atoms with Gasteiger partial charge in [-0.05, 0) is 68.5 Å². The highest BCUT2D eigenvalue weighted by molar-refractivity contribution is 7.92. The van der Waals surface area contributed by atoms with Gasteiger partial charge in [0.05, 0.1) is 10.6 Å². The molecule has 1 aliphatic carbocycles. The Labute approximate surface area is 279 Å². The normalized spacial score (nSPS) is 14.3. The molecule has 246 valence electrons. The van der Waals surface area contributed by atoms with Crippen molar-refractivity contribution in [1.29, 1.82) is 0 Å². The standard InChI is InChI=1S/C39H45N3O4S/c1-29-14-13-17-33(25-29)27-41(37(26-32-15-7-4-8-16-32)39(44)40-34-18-9-5-10-19-34)38(43)28-42(36-23-22-30(2)24-31(36)3)47(45,46)35-20-11-6-12-21-35/h4,6-8,11-17,20-25,34,37H,5,9-10,18-19,26-28H2,1-3H3,(H,40,44)/t37-/m0/s1. The van der Waals surface area contributed by atoms with Crippen molar-refractivity contribution < 1.29 is 18.0 Å². The van der Waals surface area contributed by atoms with Gasteiger partial charge >= 0.3 is 0 Å². The molecule has 47 heavy (non-hydrogen) atoms. The maximum absolute atomic E-state index is 14.7. The van der Waals surface area contributed by atoms with Crippen molar-refractivity contribution in [3.05, 3.63) is 131 Å². The van der Waals surface area contributed by atoms with E-state index in [0.717, 1.165) is 59.9 Å². The Morgan fingerprint density at radius 1 is 0.766 bits per heavy atom. The minimum atomic E-state index is -4.14. The van der Waals surface area contributed by atoms with E-state index in [9.17, 15) is 18.0 Å². The number of benzene rings is 4. The highest BCUT2D eigenvalue weighted by Crippen LogP contribution is 2.29. The number of carbonyl (C=O) groups is 2. The van der Waals surface area contributed by atoms with E-state index >= 15 is 0 Å². The molecule has 7 nitrogen and oxygen atoms in total. The second kappa shape index (κ2) is 15.4. The van der Waals surface area contributed by atoms with Crippen LogP contribution in [-0.2, 0) is 32.6 Å². The molecule has 5 rings (SSSR count). The molecule has 0 spiro atoms. The molecule has 0 saturated heterocycles. The maximum atomic E-state index is 14.7. The lowest BCUT2D eigenvalue weighted by molar-refractivity contribution is -0.140. The number of aryl methyl sites for hydroxylation is 3. The summed E-state index contributed by atoms with van der Waals surface area (Å²) in [7, 11) is -4.14. The summed E-state index contributed by atoms with van der Waals surface area (Å²) in [5.41, 5.74) is 4.96. The molecule has 2 amide bonds. The van der Waals surface area contributed by atoms with E-state index in [1.54, 1.807) is 29.2 Å². The number of amides is 2. The average molecular weight is 652 g/mol. The Bertz CT molecular complexity index is 1770. The van der Waals surface area contributed by atoms with Gasteiger partial charge in [0, 0.05) is 19.0 Å². The number of nitrogens with zero attached hydrogens (tertiary/aromatic N) is 2. The van der Waals surface area contributed by atoms with Gasteiger partial charge in [0.2, 0.25) is 11.8 Å². The van der Waals surface area contributed by atoms with E-state index in [-0.39, 0.29) is 23.4 Å². The third-order valence-electron chi connectivity index (χ3n) is 8.89. The predicted octanol–water partition coefficient (Wildman–Crippen LogP) is 6.90. The lowest BCUT2D eigenvalue weighted by Crippen LogP contribution is -2.55. The molecular weight excluding hydrogens is 607 g/mol. The van der Waals surface area contributed by atoms with Crippen molar-refractivity contribution >= 4 is 27.5 Å². The van der Waals surface area contributed by atoms with Gasteiger partial charge in [0.1, 0.15) is 12.6 Å². The first kappa shape index (κ1) is 33.9. The van der Waals surface area contributed by atoms with Crippen LogP contribution in [0.15, 0.2) is 108 Å². The predicted molar refractivity (Wildman–Crippen MR) is 188 cm³/mol. The zero-order valence-electron chi connectivity index (χ0n) is 27.6. The van der Waals surface area contributed by atoms with Crippen LogP contribution in [0.4, 0.5) is 5.69 Å². The number of rotatable bonds is 12. The first-order chi connectivity index (χ1) is 22.6. The van der Waals surface area contributed by atoms with Crippen LogP contribution in [0.3, 0.4) is 0 Å². The molecule has 0 bridgehead atoms. The maximum Gasteiger partial charge on any atom is 0.264 e. The molecule has 0 aromatic heterocycles. The number of nitrogens with one attached hydrogen (secondary N) is 1. The summed E-state index contributed by atoms with van der Waals surface area (Å²) in [4.78, 5) is 30.7. The molecule has 4 aromatic carbocycles. The Morgan fingerprint density at radius 2 is 1.40 bits per heavy atom. The largest absolute Gasteiger partial charge is 0.352 e. The van der Waals surface area contributed by atoms with Gasteiger partial charge in [-0.3, -0.25) is 13.9 Å². The fourth-order valence-electron chi connectivity index (χ4n) is 6.42. The summed E-state index contributed by atoms with van der Waals surface area (Å²) in [6, 6.07) is 30.4. The topological polar surface area (TPSA) is 86.8 Å². The van der Waals surface area contributed by atoms with Crippen LogP contribution in [0.2, 0.25) is 0 Å². The highest BCUT2D eigenvalue weighted by Gasteiger charge is 2.35. The van der Waals surface area contributed by atoms with Crippen LogP contribution in [0.25, 0.3) is 0 Å². The summed E-state index contributed by atoms with van der Waals surface area (Å²) in [6.07, 6.45) is 5.38. The fourth-order valence-corrected chi connectivity index (χ4v) is 7.92. The lowest BCUT2D eigenvalue weighted by Gasteiger charge is -2.35. The van der Waals surface area contributed by atoms with Crippen molar-refractivity contribution in [3.8, 4) is 0 Å². The van der Waals surface area contributed by atoms with Gasteiger partial charge in [-0.2, -0.15) is 0 Å². The van der Waals surface area contributed by atoms with Crippen molar-refractivity contribution in [3.63, 3.8) is 0 Å². The van der Waals surface area contributed by atoms with Crippen LogP contribution in [0.5, 0.6) is 0 Å². The average Bonchev–Trinajstić information content (AvgIpc) is 3.07. The number of carbonyl (C=O) groups excluding carboxylic acids is 2. The van der Waals surface area contributed by atoms with Gasteiger partial charge in [-0.25, -0.2) is 8.42 Å². The van der Waals surface area contributed by atoms with Gasteiger partial charge in [-0.15, -0.1) is 0 Å². The molecule has 4 aromatic rings. The van der Waals surface area contributed by atoms with Crippen molar-refractivity contribution in [2.75, 3.05) is 10.8 Å². The van der Waals surface area contributed by atoms with Crippen LogP contribution in [0.1, 0.15) is 59.9 Å². The van der Waals surface area contributed by atoms with E-state index in [0.29, 0.717) is 12.1 Å². The molecule has 1 N–H and O–H groups in total. The third kappa shape index (κ3) is 8.69.